The van der Waals surface area contributed by atoms with Gasteiger partial charge in [-0.15, -0.1) is 24.0 Å². The first-order chi connectivity index (χ1) is 12.6. The lowest BCUT2D eigenvalue weighted by Gasteiger charge is -2.29. The van der Waals surface area contributed by atoms with Crippen LogP contribution >= 0.6 is 24.0 Å². The lowest BCUT2D eigenvalue weighted by Crippen LogP contribution is -2.54. The fourth-order valence-corrected chi connectivity index (χ4v) is 2.16. The number of ether oxygens (including phenoxy) is 2. The van der Waals surface area contributed by atoms with Crippen molar-refractivity contribution in [3.8, 4) is 0 Å². The van der Waals surface area contributed by atoms with Gasteiger partial charge in [0.1, 0.15) is 5.60 Å². The van der Waals surface area contributed by atoms with E-state index in [-0.39, 0.29) is 24.0 Å². The topological polar surface area (TPSA) is 84.0 Å². The molecule has 0 saturated heterocycles. The van der Waals surface area contributed by atoms with Crippen LogP contribution in [0.5, 0.6) is 0 Å². The Balaban J connectivity index is 0.00000729. The number of aliphatic imine (C=N–C) groups is 1. The second-order valence-corrected chi connectivity index (χ2v) is 7.90. The summed E-state index contributed by atoms with van der Waals surface area (Å²) in [5.41, 5.74) is 0.129. The van der Waals surface area contributed by atoms with E-state index in [4.69, 9.17) is 9.47 Å². The van der Waals surface area contributed by atoms with Gasteiger partial charge in [-0.1, -0.05) is 30.3 Å². The lowest BCUT2D eigenvalue weighted by molar-refractivity contribution is 0.0474. The number of hydrogen-bond donors (Lipinski definition) is 3. The molecule has 0 heterocycles. The van der Waals surface area contributed by atoms with Crippen LogP contribution in [-0.4, -0.2) is 49.9 Å². The number of halogens is 1. The molecule has 0 aliphatic heterocycles. The lowest BCUT2D eigenvalue weighted by atomic mass is 10.1. The second kappa shape index (κ2) is 12.8. The fraction of sp³-hybridized carbons (Fsp3) is 0.600. The first-order valence-corrected chi connectivity index (χ1v) is 9.19. The minimum absolute atomic E-state index is 0. The number of hydrogen-bond acceptors (Lipinski definition) is 4. The quantitative estimate of drug-likeness (QED) is 0.218. The molecule has 0 fully saturated rings. The van der Waals surface area contributed by atoms with Crippen molar-refractivity contribution in [1.29, 1.82) is 0 Å². The monoisotopic (exact) mass is 506 g/mol. The fourth-order valence-electron chi connectivity index (χ4n) is 2.16. The summed E-state index contributed by atoms with van der Waals surface area (Å²) in [6.07, 6.45) is -0.438. The molecule has 28 heavy (non-hydrogen) atoms. The third-order valence-electron chi connectivity index (χ3n) is 3.41. The van der Waals surface area contributed by atoms with E-state index in [0.29, 0.717) is 32.3 Å². The Kier molecular flexibility index (Phi) is 12.1. The van der Waals surface area contributed by atoms with Gasteiger partial charge in [-0.25, -0.2) is 4.79 Å². The van der Waals surface area contributed by atoms with E-state index >= 15 is 0 Å². The molecule has 1 rings (SSSR count). The molecule has 0 aliphatic carbocycles. The number of guanidine groups is 1. The summed E-state index contributed by atoms with van der Waals surface area (Å²) in [4.78, 5) is 16.1. The molecule has 0 bridgehead atoms. The number of amides is 1. The van der Waals surface area contributed by atoms with Crippen molar-refractivity contribution in [2.45, 2.75) is 52.4 Å². The van der Waals surface area contributed by atoms with Crippen molar-refractivity contribution < 1.29 is 14.3 Å². The number of alkyl carbamates (subject to hydrolysis) is 1. The maximum absolute atomic E-state index is 11.9. The molecule has 160 valence electrons. The van der Waals surface area contributed by atoms with Gasteiger partial charge >= 0.3 is 6.09 Å². The van der Waals surface area contributed by atoms with Crippen LogP contribution in [0.1, 0.15) is 40.2 Å². The molecule has 8 heteroatoms. The molecule has 0 spiro atoms. The highest BCUT2D eigenvalue weighted by atomic mass is 127. The van der Waals surface area contributed by atoms with Gasteiger partial charge < -0.3 is 25.4 Å². The van der Waals surface area contributed by atoms with E-state index < -0.39 is 17.2 Å². The molecule has 1 aromatic rings. The summed E-state index contributed by atoms with van der Waals surface area (Å²) in [6.45, 7) is 11.6. The summed E-state index contributed by atoms with van der Waals surface area (Å²) in [5, 5.41) is 9.25. The predicted molar refractivity (Wildman–Crippen MR) is 124 cm³/mol. The highest BCUT2D eigenvalue weighted by Crippen LogP contribution is 2.09. The smallest absolute Gasteiger partial charge is 0.408 e. The molecule has 3 N–H and O–H groups in total. The van der Waals surface area contributed by atoms with Gasteiger partial charge in [-0.3, -0.25) is 4.99 Å². The standard InChI is InChI=1S/C20H34N4O3.HI/c1-19(2,3)27-18(25)24-20(4,5)15-23-17(21-6)22-12-13-26-14-16-10-8-7-9-11-16;/h7-11H,12-15H2,1-6H3,(H,24,25)(H2,21,22,23);1H. The average Bonchev–Trinajstić information content (AvgIpc) is 2.56. The molecule has 0 aromatic heterocycles. The Bertz CT molecular complexity index is 601. The zero-order valence-corrected chi connectivity index (χ0v) is 20.1. The van der Waals surface area contributed by atoms with Gasteiger partial charge in [0.15, 0.2) is 5.96 Å². The number of rotatable bonds is 8. The largest absolute Gasteiger partial charge is 0.444 e. The number of benzene rings is 1. The van der Waals surface area contributed by atoms with Crippen molar-refractivity contribution in [3.05, 3.63) is 35.9 Å². The summed E-state index contributed by atoms with van der Waals surface area (Å²) in [6, 6.07) is 10.0. The molecule has 1 aromatic carbocycles. The molecule has 1 amide bonds. The third kappa shape index (κ3) is 12.8. The molecule has 0 atom stereocenters. The van der Waals surface area contributed by atoms with Crippen molar-refractivity contribution >= 4 is 36.0 Å². The second-order valence-electron chi connectivity index (χ2n) is 7.90. The highest BCUT2D eigenvalue weighted by molar-refractivity contribution is 14.0. The summed E-state index contributed by atoms with van der Waals surface area (Å²) >= 11 is 0. The van der Waals surface area contributed by atoms with Gasteiger partial charge in [-0.2, -0.15) is 0 Å². The number of nitrogens with zero attached hydrogens (tertiary/aromatic N) is 1. The summed E-state index contributed by atoms with van der Waals surface area (Å²) in [7, 11) is 1.70. The number of nitrogens with one attached hydrogen (secondary N) is 3. The predicted octanol–water partition coefficient (Wildman–Crippen LogP) is 3.29. The summed E-state index contributed by atoms with van der Waals surface area (Å²) < 4.78 is 10.9. The maximum Gasteiger partial charge on any atom is 0.408 e. The molecule has 0 saturated carbocycles. The van der Waals surface area contributed by atoms with Crippen molar-refractivity contribution in [1.82, 2.24) is 16.0 Å². The average molecular weight is 506 g/mol. The Morgan fingerprint density at radius 3 is 2.29 bits per heavy atom. The van der Waals surface area contributed by atoms with Crippen LogP contribution < -0.4 is 16.0 Å². The Morgan fingerprint density at radius 1 is 1.07 bits per heavy atom. The molecule has 0 unspecified atom stereocenters. The number of carbonyl (C=O) groups excluding carboxylic acids is 1. The first kappa shape index (κ1) is 26.4. The minimum Gasteiger partial charge on any atom is -0.444 e. The first-order valence-electron chi connectivity index (χ1n) is 9.19. The van der Waals surface area contributed by atoms with Gasteiger partial charge in [-0.05, 0) is 40.2 Å². The van der Waals surface area contributed by atoms with Crippen molar-refractivity contribution in [2.75, 3.05) is 26.7 Å². The van der Waals surface area contributed by atoms with Gasteiger partial charge in [0.05, 0.1) is 18.8 Å². The molecule has 0 aliphatic rings. The van der Waals surface area contributed by atoms with Crippen LogP contribution in [0.2, 0.25) is 0 Å². The zero-order chi connectivity index (χ0) is 20.3. The van der Waals surface area contributed by atoms with Crippen LogP contribution in [0.4, 0.5) is 4.79 Å². The van der Waals surface area contributed by atoms with E-state index in [1.165, 1.54) is 0 Å². The maximum atomic E-state index is 11.9. The van der Waals surface area contributed by atoms with Crippen LogP contribution in [0, 0.1) is 0 Å². The molecule has 7 nitrogen and oxygen atoms in total. The van der Waals surface area contributed by atoms with Crippen LogP contribution in [-0.2, 0) is 16.1 Å². The highest BCUT2D eigenvalue weighted by Gasteiger charge is 2.24. The van der Waals surface area contributed by atoms with Crippen molar-refractivity contribution in [3.63, 3.8) is 0 Å². The Morgan fingerprint density at radius 2 is 1.71 bits per heavy atom. The van der Waals surface area contributed by atoms with Crippen molar-refractivity contribution in [2.24, 2.45) is 4.99 Å². The van der Waals surface area contributed by atoms with Gasteiger partial charge in [0, 0.05) is 20.1 Å². The third-order valence-corrected chi connectivity index (χ3v) is 3.41. The van der Waals surface area contributed by atoms with Crippen LogP contribution in [0.25, 0.3) is 0 Å². The van der Waals surface area contributed by atoms with E-state index in [2.05, 4.69) is 20.9 Å². The Labute approximate surface area is 186 Å². The SMILES string of the molecule is CN=C(NCCOCc1ccccc1)NCC(C)(C)NC(=O)OC(C)(C)C.I. The van der Waals surface area contributed by atoms with E-state index in [1.807, 2.05) is 65.0 Å². The normalized spacial score (nSPS) is 12.0. The van der Waals surface area contributed by atoms with Gasteiger partial charge in [0.25, 0.3) is 0 Å². The summed E-state index contributed by atoms with van der Waals surface area (Å²) in [5.74, 6) is 0.650. The zero-order valence-electron chi connectivity index (χ0n) is 17.8. The molecular formula is C20H35IN4O3. The van der Waals surface area contributed by atoms with Crippen LogP contribution in [0.3, 0.4) is 0 Å². The van der Waals surface area contributed by atoms with E-state index in [9.17, 15) is 4.79 Å². The van der Waals surface area contributed by atoms with E-state index in [0.717, 1.165) is 5.56 Å². The molecular weight excluding hydrogens is 471 g/mol. The van der Waals surface area contributed by atoms with Crippen LogP contribution in [0.15, 0.2) is 35.3 Å². The minimum atomic E-state index is -0.523. The number of carbonyl (C=O) groups is 1. The van der Waals surface area contributed by atoms with Gasteiger partial charge in [0.2, 0.25) is 0 Å². The molecule has 0 radical (unpaired) electrons. The Hall–Kier alpha value is -1.55. The van der Waals surface area contributed by atoms with E-state index in [1.54, 1.807) is 7.05 Å².